The van der Waals surface area contributed by atoms with E-state index in [0.29, 0.717) is 15.8 Å². The summed E-state index contributed by atoms with van der Waals surface area (Å²) in [6, 6.07) is 23.2. The minimum Gasteiger partial charge on any atom is -0.342 e. The lowest BCUT2D eigenvalue weighted by Crippen LogP contribution is -2.27. The number of benzene rings is 3. The van der Waals surface area contributed by atoms with Crippen molar-refractivity contribution in [2.45, 2.75) is 6.54 Å². The molecule has 1 amide bonds. The van der Waals surface area contributed by atoms with E-state index in [1.807, 2.05) is 12.1 Å². The van der Waals surface area contributed by atoms with Crippen molar-refractivity contribution in [1.82, 2.24) is 9.47 Å². The van der Waals surface area contributed by atoms with Crippen LogP contribution in [0.3, 0.4) is 0 Å². The highest BCUT2D eigenvalue weighted by Crippen LogP contribution is 2.34. The van der Waals surface area contributed by atoms with Gasteiger partial charge in [0.25, 0.3) is 5.91 Å². The van der Waals surface area contributed by atoms with Crippen molar-refractivity contribution in [2.24, 2.45) is 0 Å². The number of carbonyl (C=O) groups excluding carboxylic acids is 1. The topological polar surface area (TPSA) is 25.2 Å². The van der Waals surface area contributed by atoms with Gasteiger partial charge in [-0.1, -0.05) is 90.7 Å². The molecular formula is C26H20N2OS2. The van der Waals surface area contributed by atoms with Gasteiger partial charge in [0.15, 0.2) is 0 Å². The Labute approximate surface area is 190 Å². The molecule has 1 aliphatic heterocycles. The maximum atomic E-state index is 12.8. The summed E-state index contributed by atoms with van der Waals surface area (Å²) in [5.41, 5.74) is 3.43. The summed E-state index contributed by atoms with van der Waals surface area (Å²) >= 11 is 6.74. The average Bonchev–Trinajstić information content (AvgIpc) is 3.26. The van der Waals surface area contributed by atoms with Crippen molar-refractivity contribution in [3.05, 3.63) is 102 Å². The molecule has 0 spiro atoms. The van der Waals surface area contributed by atoms with Gasteiger partial charge in [0.05, 0.1) is 4.91 Å². The van der Waals surface area contributed by atoms with Crippen LogP contribution in [-0.4, -0.2) is 26.2 Å². The van der Waals surface area contributed by atoms with Crippen LogP contribution in [0.4, 0.5) is 0 Å². The van der Waals surface area contributed by atoms with Gasteiger partial charge in [0.1, 0.15) is 4.32 Å². The number of carbonyl (C=O) groups is 1. The maximum absolute atomic E-state index is 12.8. The average molecular weight is 441 g/mol. The molecule has 3 aromatic carbocycles. The normalized spacial score (nSPS) is 15.5. The number of amides is 1. The van der Waals surface area contributed by atoms with Crippen molar-refractivity contribution < 1.29 is 4.79 Å². The van der Waals surface area contributed by atoms with E-state index in [9.17, 15) is 4.79 Å². The Morgan fingerprint density at radius 3 is 2.55 bits per heavy atom. The first kappa shape index (κ1) is 19.8. The summed E-state index contributed by atoms with van der Waals surface area (Å²) in [6.07, 6.45) is 5.79. The first-order valence-corrected chi connectivity index (χ1v) is 11.3. The molecule has 152 valence electrons. The van der Waals surface area contributed by atoms with E-state index in [1.54, 1.807) is 11.0 Å². The van der Waals surface area contributed by atoms with Crippen molar-refractivity contribution >= 4 is 62.0 Å². The van der Waals surface area contributed by atoms with Gasteiger partial charge in [-0.2, -0.15) is 0 Å². The summed E-state index contributed by atoms with van der Waals surface area (Å²) in [4.78, 5) is 15.0. The van der Waals surface area contributed by atoms with Gasteiger partial charge in [0, 0.05) is 35.8 Å². The van der Waals surface area contributed by atoms with Gasteiger partial charge < -0.3 is 4.57 Å². The number of fused-ring (bicyclic) bond motifs is 2. The molecule has 1 aromatic heterocycles. The van der Waals surface area contributed by atoms with E-state index in [1.165, 1.54) is 28.1 Å². The highest BCUT2D eigenvalue weighted by Gasteiger charge is 2.31. The van der Waals surface area contributed by atoms with Gasteiger partial charge in [-0.25, -0.2) is 0 Å². The van der Waals surface area contributed by atoms with Crippen LogP contribution in [-0.2, 0) is 11.3 Å². The minimum atomic E-state index is -0.0548. The molecular weight excluding hydrogens is 420 g/mol. The molecule has 5 rings (SSSR count). The zero-order valence-electron chi connectivity index (χ0n) is 16.8. The third-order valence-electron chi connectivity index (χ3n) is 5.51. The van der Waals surface area contributed by atoms with Gasteiger partial charge >= 0.3 is 0 Å². The Morgan fingerprint density at radius 1 is 0.968 bits per heavy atom. The predicted octanol–water partition coefficient (Wildman–Crippen LogP) is 6.23. The lowest BCUT2D eigenvalue weighted by molar-refractivity contribution is -0.121. The Morgan fingerprint density at radius 2 is 1.71 bits per heavy atom. The first-order valence-electron chi connectivity index (χ1n) is 10.1. The Bertz CT molecular complexity index is 1380. The monoisotopic (exact) mass is 440 g/mol. The molecule has 1 fully saturated rings. The number of rotatable bonds is 5. The number of nitrogens with zero attached hydrogens (tertiary/aromatic N) is 2. The summed E-state index contributed by atoms with van der Waals surface area (Å²) in [6.45, 7) is 4.91. The molecule has 1 aliphatic rings. The van der Waals surface area contributed by atoms with E-state index in [4.69, 9.17) is 12.2 Å². The zero-order valence-corrected chi connectivity index (χ0v) is 18.5. The Hall–Kier alpha value is -3.15. The molecule has 1 saturated heterocycles. The van der Waals surface area contributed by atoms with E-state index in [0.717, 1.165) is 23.0 Å². The summed E-state index contributed by atoms with van der Waals surface area (Å²) in [7, 11) is 0. The van der Waals surface area contributed by atoms with Crippen LogP contribution < -0.4 is 0 Å². The molecule has 0 radical (unpaired) electrons. The number of thiocarbonyl (C=S) groups is 1. The second-order valence-electron chi connectivity index (χ2n) is 7.45. The lowest BCUT2D eigenvalue weighted by atomic mass is 10.0. The zero-order chi connectivity index (χ0) is 21.4. The molecule has 4 aromatic rings. The molecule has 0 atom stereocenters. The van der Waals surface area contributed by atoms with Crippen LogP contribution in [0.25, 0.3) is 27.8 Å². The van der Waals surface area contributed by atoms with E-state index < -0.39 is 0 Å². The van der Waals surface area contributed by atoms with E-state index >= 15 is 0 Å². The third kappa shape index (κ3) is 3.60. The molecule has 0 unspecified atom stereocenters. The Kier molecular flexibility index (Phi) is 5.22. The largest absolute Gasteiger partial charge is 0.342 e. The molecule has 0 saturated carbocycles. The van der Waals surface area contributed by atoms with Crippen LogP contribution in [0.15, 0.2) is 90.5 Å². The highest BCUT2D eigenvalue weighted by molar-refractivity contribution is 8.26. The van der Waals surface area contributed by atoms with Gasteiger partial charge in [-0.15, -0.1) is 6.58 Å². The number of aromatic nitrogens is 1. The van der Waals surface area contributed by atoms with E-state index in [2.05, 4.69) is 78.0 Å². The minimum absolute atomic E-state index is 0.0548. The quantitative estimate of drug-likeness (QED) is 0.209. The van der Waals surface area contributed by atoms with Gasteiger partial charge in [0.2, 0.25) is 0 Å². The van der Waals surface area contributed by atoms with Crippen LogP contribution in [0.1, 0.15) is 11.1 Å². The van der Waals surface area contributed by atoms with Crippen LogP contribution in [0, 0.1) is 0 Å². The van der Waals surface area contributed by atoms with Crippen LogP contribution in [0.5, 0.6) is 0 Å². The second-order valence-corrected chi connectivity index (χ2v) is 9.12. The fraction of sp³-hybridized carbons (Fsp3) is 0.0769. The third-order valence-corrected chi connectivity index (χ3v) is 6.89. The summed E-state index contributed by atoms with van der Waals surface area (Å²) < 4.78 is 2.84. The lowest BCUT2D eigenvalue weighted by Gasteiger charge is -2.10. The number of hydrogen-bond donors (Lipinski definition) is 0. The standard InChI is InChI=1S/C26H20N2OS2/c1-2-14-28-25(29)24(31-26(28)30)15-20-17-27(23-13-6-5-12-22(20)23)16-19-10-7-9-18-8-3-4-11-21(18)19/h2-13,15,17H,1,14,16H2. The summed E-state index contributed by atoms with van der Waals surface area (Å²) in [5.74, 6) is -0.0548. The molecule has 0 bridgehead atoms. The van der Waals surface area contributed by atoms with Crippen LogP contribution in [0.2, 0.25) is 0 Å². The molecule has 0 N–H and O–H groups in total. The number of para-hydroxylation sites is 1. The van der Waals surface area contributed by atoms with Crippen LogP contribution >= 0.6 is 24.0 Å². The van der Waals surface area contributed by atoms with Crippen molar-refractivity contribution in [3.63, 3.8) is 0 Å². The predicted molar refractivity (Wildman–Crippen MR) is 135 cm³/mol. The number of thioether (sulfide) groups is 1. The fourth-order valence-corrected chi connectivity index (χ4v) is 5.33. The van der Waals surface area contributed by atoms with Gasteiger partial charge in [-0.05, 0) is 28.5 Å². The van der Waals surface area contributed by atoms with Gasteiger partial charge in [-0.3, -0.25) is 9.69 Å². The SMILES string of the molecule is C=CCN1C(=O)C(=Cc2cn(Cc3cccc4ccccc34)c3ccccc23)SC1=S. The second kappa shape index (κ2) is 8.17. The molecule has 0 aliphatic carbocycles. The van der Waals surface area contributed by atoms with E-state index in [-0.39, 0.29) is 5.91 Å². The molecule has 2 heterocycles. The molecule has 3 nitrogen and oxygen atoms in total. The smallest absolute Gasteiger partial charge is 0.266 e. The highest BCUT2D eigenvalue weighted by atomic mass is 32.2. The number of hydrogen-bond acceptors (Lipinski definition) is 3. The van der Waals surface area contributed by atoms with Crippen molar-refractivity contribution in [3.8, 4) is 0 Å². The van der Waals surface area contributed by atoms with Crippen molar-refractivity contribution in [2.75, 3.05) is 6.54 Å². The Balaban J connectivity index is 1.57. The maximum Gasteiger partial charge on any atom is 0.266 e. The molecule has 31 heavy (non-hydrogen) atoms. The fourth-order valence-electron chi connectivity index (χ4n) is 4.06. The first-order chi connectivity index (χ1) is 15.2. The molecule has 5 heteroatoms. The van der Waals surface area contributed by atoms with Crippen molar-refractivity contribution in [1.29, 1.82) is 0 Å². The summed E-state index contributed by atoms with van der Waals surface area (Å²) in [5, 5.41) is 3.62.